The molecule has 0 spiro atoms. The fourth-order valence-corrected chi connectivity index (χ4v) is 2.42. The molecule has 0 saturated carbocycles. The highest BCUT2D eigenvalue weighted by molar-refractivity contribution is 6.63. The van der Waals surface area contributed by atoms with Gasteiger partial charge in [-0.05, 0) is 33.8 Å². The third-order valence-corrected chi connectivity index (χ3v) is 4.52. The van der Waals surface area contributed by atoms with E-state index in [1.54, 1.807) is 24.2 Å². The molecular weight excluding hydrogens is 309 g/mol. The lowest BCUT2D eigenvalue weighted by atomic mass is 9.78. The summed E-state index contributed by atoms with van der Waals surface area (Å²) in [5.74, 6) is 0.628. The molecule has 1 aliphatic heterocycles. The predicted octanol–water partition coefficient (Wildman–Crippen LogP) is 1.55. The Morgan fingerprint density at radius 3 is 2.46 bits per heavy atom. The maximum atomic E-state index is 6.12. The van der Waals surface area contributed by atoms with Crippen molar-refractivity contribution in [3.63, 3.8) is 0 Å². The lowest BCUT2D eigenvalue weighted by molar-refractivity contribution is 0.00578. The van der Waals surface area contributed by atoms with E-state index in [1.165, 1.54) is 0 Å². The van der Waals surface area contributed by atoms with Crippen LogP contribution in [-0.4, -0.2) is 47.2 Å². The number of hydrogen-bond donors (Lipinski definition) is 0. The molecule has 0 radical (unpaired) electrons. The molecule has 3 rings (SSSR count). The summed E-state index contributed by atoms with van der Waals surface area (Å²) < 4.78 is 24.7. The first-order chi connectivity index (χ1) is 11.3. The molecule has 1 aromatic heterocycles. The van der Waals surface area contributed by atoms with Gasteiger partial charge in [0.05, 0.1) is 29.3 Å². The van der Waals surface area contributed by atoms with E-state index in [0.717, 1.165) is 11.2 Å². The number of ether oxygens (including phenoxy) is 2. The third kappa shape index (κ3) is 3.04. The lowest BCUT2D eigenvalue weighted by Crippen LogP contribution is -2.41. The summed E-state index contributed by atoms with van der Waals surface area (Å²) in [5.41, 5.74) is 0.815. The monoisotopic (exact) mass is 331 g/mol. The molecule has 8 heteroatoms. The Morgan fingerprint density at radius 1 is 1.17 bits per heavy atom. The molecule has 0 N–H and O–H groups in total. The van der Waals surface area contributed by atoms with Gasteiger partial charge in [-0.1, -0.05) is 11.3 Å². The van der Waals surface area contributed by atoms with Gasteiger partial charge in [0.25, 0.3) is 0 Å². The zero-order chi connectivity index (χ0) is 17.4. The molecule has 0 bridgehead atoms. The van der Waals surface area contributed by atoms with Crippen LogP contribution in [-0.2, 0) is 14.0 Å². The first-order valence-corrected chi connectivity index (χ1v) is 7.82. The predicted molar refractivity (Wildman–Crippen MR) is 89.6 cm³/mol. The molecule has 1 saturated heterocycles. The highest BCUT2D eigenvalue weighted by atomic mass is 16.7. The second kappa shape index (κ2) is 6.20. The van der Waals surface area contributed by atoms with Gasteiger partial charge in [0, 0.05) is 18.6 Å². The Bertz CT molecular complexity index is 687. The van der Waals surface area contributed by atoms with E-state index in [0.29, 0.717) is 5.75 Å². The summed E-state index contributed by atoms with van der Waals surface area (Å²) in [6, 6.07) is 5.72. The number of aromatic nitrogens is 3. The topological polar surface area (TPSA) is 67.6 Å². The van der Waals surface area contributed by atoms with E-state index in [9.17, 15) is 0 Å². The first kappa shape index (κ1) is 16.9. The number of benzene rings is 1. The number of nitrogens with zero attached hydrogens (tertiary/aromatic N) is 3. The highest BCUT2D eigenvalue weighted by Crippen LogP contribution is 2.37. The fraction of sp³-hybridized carbons (Fsp3) is 0.500. The zero-order valence-electron chi connectivity index (χ0n) is 14.6. The van der Waals surface area contributed by atoms with Crippen molar-refractivity contribution in [1.82, 2.24) is 15.0 Å². The van der Waals surface area contributed by atoms with Crippen molar-refractivity contribution >= 4 is 12.6 Å². The minimum absolute atomic E-state index is 0.132. The van der Waals surface area contributed by atoms with E-state index in [2.05, 4.69) is 10.3 Å². The summed E-state index contributed by atoms with van der Waals surface area (Å²) in [6.45, 7) is 8.21. The largest absolute Gasteiger partial charge is 0.498 e. The van der Waals surface area contributed by atoms with Gasteiger partial charge < -0.3 is 18.8 Å². The molecule has 7 nitrogen and oxygen atoms in total. The summed E-state index contributed by atoms with van der Waals surface area (Å²) >= 11 is 0. The summed E-state index contributed by atoms with van der Waals surface area (Å²) in [7, 11) is 1.07. The fourth-order valence-electron chi connectivity index (χ4n) is 2.42. The molecular formula is C16H22BN3O4. The quantitative estimate of drug-likeness (QED) is 0.612. The normalized spacial score (nSPS) is 18.8. The van der Waals surface area contributed by atoms with Crippen LogP contribution in [0.3, 0.4) is 0 Å². The smallest absolute Gasteiger partial charge is 0.468 e. The Kier molecular flexibility index (Phi) is 4.37. The summed E-state index contributed by atoms with van der Waals surface area (Å²) in [5, 5.41) is 7.82. The van der Waals surface area contributed by atoms with Crippen molar-refractivity contribution in [2.75, 3.05) is 13.9 Å². The van der Waals surface area contributed by atoms with Gasteiger partial charge in [-0.15, -0.1) is 5.10 Å². The van der Waals surface area contributed by atoms with E-state index < -0.39 is 18.3 Å². The molecule has 0 amide bonds. The molecule has 0 atom stereocenters. The third-order valence-electron chi connectivity index (χ3n) is 4.52. The second-order valence-electron chi connectivity index (χ2n) is 6.71. The molecule has 1 fully saturated rings. The maximum absolute atomic E-state index is 6.12. The van der Waals surface area contributed by atoms with Gasteiger partial charge in [0.15, 0.2) is 6.79 Å². The summed E-state index contributed by atoms with van der Waals surface area (Å²) in [4.78, 5) is 0. The van der Waals surface area contributed by atoms with Crippen molar-refractivity contribution in [2.24, 2.45) is 0 Å². The Hall–Kier alpha value is -1.90. The standard InChI is InChI=1S/C16H22BN3O4/c1-15(2)16(3,4)24-17(23-15)13-7-6-12(20-9-8-18-19-20)10-14(13)22-11-21-5/h6-10H,11H2,1-5H3. The van der Waals surface area contributed by atoms with Crippen LogP contribution in [0.25, 0.3) is 5.69 Å². The van der Waals surface area contributed by atoms with Crippen LogP contribution < -0.4 is 10.2 Å². The molecule has 0 unspecified atom stereocenters. The zero-order valence-corrected chi connectivity index (χ0v) is 14.6. The Morgan fingerprint density at radius 2 is 1.88 bits per heavy atom. The van der Waals surface area contributed by atoms with E-state index in [1.807, 2.05) is 45.9 Å². The minimum atomic E-state index is -0.508. The summed E-state index contributed by atoms with van der Waals surface area (Å²) in [6.07, 6.45) is 3.39. The van der Waals surface area contributed by atoms with E-state index in [-0.39, 0.29) is 6.79 Å². The first-order valence-electron chi connectivity index (χ1n) is 7.82. The van der Waals surface area contributed by atoms with E-state index >= 15 is 0 Å². The highest BCUT2D eigenvalue weighted by Gasteiger charge is 2.52. The van der Waals surface area contributed by atoms with Gasteiger partial charge in [0.1, 0.15) is 5.75 Å². The Labute approximate surface area is 142 Å². The molecule has 1 aromatic carbocycles. The Balaban J connectivity index is 1.95. The van der Waals surface area contributed by atoms with Crippen molar-refractivity contribution in [1.29, 1.82) is 0 Å². The molecule has 2 aromatic rings. The molecule has 1 aliphatic rings. The maximum Gasteiger partial charge on any atom is 0.498 e. The van der Waals surface area contributed by atoms with Crippen LogP contribution in [0.15, 0.2) is 30.6 Å². The van der Waals surface area contributed by atoms with Crippen LogP contribution >= 0.6 is 0 Å². The molecule has 2 heterocycles. The van der Waals surface area contributed by atoms with Crippen LogP contribution in [0.5, 0.6) is 5.75 Å². The van der Waals surface area contributed by atoms with Crippen molar-refractivity contribution in [3.05, 3.63) is 30.6 Å². The van der Waals surface area contributed by atoms with Crippen LogP contribution in [0.2, 0.25) is 0 Å². The lowest BCUT2D eigenvalue weighted by Gasteiger charge is -2.32. The van der Waals surface area contributed by atoms with Crippen LogP contribution in [0.1, 0.15) is 27.7 Å². The van der Waals surface area contributed by atoms with Crippen molar-refractivity contribution in [2.45, 2.75) is 38.9 Å². The number of methoxy groups -OCH3 is 1. The van der Waals surface area contributed by atoms with Gasteiger partial charge >= 0.3 is 7.12 Å². The van der Waals surface area contributed by atoms with Crippen LogP contribution in [0, 0.1) is 0 Å². The molecule has 24 heavy (non-hydrogen) atoms. The SMILES string of the molecule is COCOc1cc(-n2ccnn2)ccc1B1OC(C)(C)C(C)(C)O1. The number of hydrogen-bond acceptors (Lipinski definition) is 6. The van der Waals surface area contributed by atoms with E-state index in [4.69, 9.17) is 18.8 Å². The van der Waals surface area contributed by atoms with Gasteiger partial charge in [-0.25, -0.2) is 4.68 Å². The van der Waals surface area contributed by atoms with Gasteiger partial charge in [0.2, 0.25) is 0 Å². The van der Waals surface area contributed by atoms with Gasteiger partial charge in [-0.2, -0.15) is 0 Å². The molecule has 0 aliphatic carbocycles. The van der Waals surface area contributed by atoms with Crippen LogP contribution in [0.4, 0.5) is 0 Å². The average Bonchev–Trinajstić information content (AvgIpc) is 3.12. The second-order valence-corrected chi connectivity index (χ2v) is 6.71. The number of rotatable bonds is 5. The van der Waals surface area contributed by atoms with Gasteiger partial charge in [-0.3, -0.25) is 0 Å². The minimum Gasteiger partial charge on any atom is -0.468 e. The van der Waals surface area contributed by atoms with Crippen molar-refractivity contribution < 1.29 is 18.8 Å². The molecule has 128 valence electrons. The average molecular weight is 331 g/mol. The van der Waals surface area contributed by atoms with Crippen molar-refractivity contribution in [3.8, 4) is 11.4 Å².